The Morgan fingerprint density at radius 1 is 0.833 bits per heavy atom. The maximum atomic E-state index is 5.27. The summed E-state index contributed by atoms with van der Waals surface area (Å²) in [7, 11) is 0. The Morgan fingerprint density at radius 2 is 1.63 bits per heavy atom. The van der Waals surface area contributed by atoms with Gasteiger partial charge in [0.15, 0.2) is 0 Å². The van der Waals surface area contributed by atoms with E-state index in [1.807, 2.05) is 0 Å². The molecule has 0 saturated heterocycles. The lowest BCUT2D eigenvalue weighted by atomic mass is 9.91. The molecule has 0 bridgehead atoms. The number of rotatable bonds is 3. The topological polar surface area (TPSA) is 12.9 Å². The van der Waals surface area contributed by atoms with E-state index in [9.17, 15) is 0 Å². The summed E-state index contributed by atoms with van der Waals surface area (Å²) in [5.41, 5.74) is 7.03. The van der Waals surface area contributed by atoms with E-state index in [0.29, 0.717) is 0 Å². The van der Waals surface area contributed by atoms with Crippen LogP contribution in [0.15, 0.2) is 83.3 Å². The molecular formula is C28H22BrN. The monoisotopic (exact) mass is 451 g/mol. The molecule has 0 spiro atoms. The zero-order chi connectivity index (χ0) is 20.7. The summed E-state index contributed by atoms with van der Waals surface area (Å²) in [6.07, 6.45) is 5.45. The molecule has 2 heteroatoms. The van der Waals surface area contributed by atoms with E-state index in [-0.39, 0.29) is 0 Å². The normalized spacial score (nSPS) is 11.8. The molecule has 0 fully saturated rings. The smallest absolute Gasteiger partial charge is 0.0794 e. The Bertz CT molecular complexity index is 1450. The highest BCUT2D eigenvalue weighted by Gasteiger charge is 2.16. The first-order chi connectivity index (χ1) is 14.7. The molecule has 0 aliphatic rings. The van der Waals surface area contributed by atoms with Crippen molar-refractivity contribution in [3.63, 3.8) is 0 Å². The van der Waals surface area contributed by atoms with Crippen LogP contribution in [-0.4, -0.2) is 4.98 Å². The quantitative estimate of drug-likeness (QED) is 0.197. The van der Waals surface area contributed by atoms with Gasteiger partial charge in [-0.05, 0) is 42.0 Å². The fourth-order valence-corrected chi connectivity index (χ4v) is 4.67. The van der Waals surface area contributed by atoms with Gasteiger partial charge in [-0.25, -0.2) is 4.98 Å². The summed E-state index contributed by atoms with van der Waals surface area (Å²) >= 11 is 3.66. The van der Waals surface area contributed by atoms with Crippen molar-refractivity contribution < 1.29 is 0 Å². The molecule has 1 heterocycles. The average molecular weight is 452 g/mol. The number of fused-ring (bicyclic) bond motifs is 4. The number of nitrogens with zero attached hydrogens (tertiary/aromatic N) is 1. The number of aromatic nitrogens is 1. The molecule has 1 nitrogen and oxygen atoms in total. The molecule has 30 heavy (non-hydrogen) atoms. The van der Waals surface area contributed by atoms with Gasteiger partial charge < -0.3 is 0 Å². The van der Waals surface area contributed by atoms with Crippen LogP contribution in [0.25, 0.3) is 49.8 Å². The first kappa shape index (κ1) is 19.0. The van der Waals surface area contributed by atoms with Crippen molar-refractivity contribution in [2.24, 2.45) is 0 Å². The van der Waals surface area contributed by atoms with Gasteiger partial charge in [-0.2, -0.15) is 0 Å². The van der Waals surface area contributed by atoms with Gasteiger partial charge in [-0.1, -0.05) is 95.7 Å². The van der Waals surface area contributed by atoms with E-state index < -0.39 is 0 Å². The van der Waals surface area contributed by atoms with Gasteiger partial charge >= 0.3 is 0 Å². The molecule has 0 radical (unpaired) electrons. The highest BCUT2D eigenvalue weighted by atomic mass is 79.9. The molecule has 0 N–H and O–H groups in total. The van der Waals surface area contributed by atoms with E-state index in [1.165, 1.54) is 43.8 Å². The Morgan fingerprint density at radius 3 is 2.47 bits per heavy atom. The third-order valence-electron chi connectivity index (χ3n) is 5.73. The summed E-state index contributed by atoms with van der Waals surface area (Å²) in [4.78, 5) is 5.27. The summed E-state index contributed by atoms with van der Waals surface area (Å²) in [5.74, 6) is 0. The Labute approximate surface area is 185 Å². The molecule has 0 amide bonds. The standard InChI is InChI=1S/C28H22BrN/c1-3-4-11-22-18(2)13-15-24-26(20-9-7-10-21(29)17-20)25-16-14-19-8-5-6-12-23(19)28(25)30-27(22)24/h4-17H,3H2,1-2H3/b11-4-. The number of aryl methyl sites for hydroxylation is 1. The first-order valence-electron chi connectivity index (χ1n) is 10.3. The fraction of sp³-hybridized carbons (Fsp3) is 0.107. The second-order valence-electron chi connectivity index (χ2n) is 7.68. The van der Waals surface area contributed by atoms with Crippen LogP contribution in [0, 0.1) is 6.92 Å². The fourth-order valence-electron chi connectivity index (χ4n) is 4.27. The van der Waals surface area contributed by atoms with E-state index >= 15 is 0 Å². The second-order valence-corrected chi connectivity index (χ2v) is 8.60. The predicted molar refractivity (Wildman–Crippen MR) is 134 cm³/mol. The van der Waals surface area contributed by atoms with Crippen molar-refractivity contribution in [1.29, 1.82) is 0 Å². The summed E-state index contributed by atoms with van der Waals surface area (Å²) in [6, 6.07) is 26.0. The average Bonchev–Trinajstić information content (AvgIpc) is 2.77. The van der Waals surface area contributed by atoms with E-state index in [1.54, 1.807) is 0 Å². The summed E-state index contributed by atoms with van der Waals surface area (Å²) < 4.78 is 1.08. The van der Waals surface area contributed by atoms with Gasteiger partial charge in [0.25, 0.3) is 0 Å². The molecule has 4 aromatic carbocycles. The maximum Gasteiger partial charge on any atom is 0.0794 e. The first-order valence-corrected chi connectivity index (χ1v) is 11.1. The van der Waals surface area contributed by atoms with Crippen LogP contribution < -0.4 is 0 Å². The Hall–Kier alpha value is -2.97. The van der Waals surface area contributed by atoms with Gasteiger partial charge in [-0.3, -0.25) is 0 Å². The van der Waals surface area contributed by atoms with Gasteiger partial charge in [-0.15, -0.1) is 0 Å². The van der Waals surface area contributed by atoms with Crippen LogP contribution in [0.4, 0.5) is 0 Å². The molecule has 146 valence electrons. The van der Waals surface area contributed by atoms with E-state index in [0.717, 1.165) is 21.9 Å². The molecule has 0 aliphatic heterocycles. The van der Waals surface area contributed by atoms with Crippen LogP contribution in [0.3, 0.4) is 0 Å². The van der Waals surface area contributed by atoms with E-state index in [4.69, 9.17) is 4.98 Å². The Balaban J connectivity index is 2.03. The number of hydrogen-bond acceptors (Lipinski definition) is 1. The molecule has 0 saturated carbocycles. The summed E-state index contributed by atoms with van der Waals surface area (Å²) in [5, 5.41) is 4.79. The molecule has 1 aromatic heterocycles. The van der Waals surface area contributed by atoms with Crippen LogP contribution in [0.1, 0.15) is 24.5 Å². The van der Waals surface area contributed by atoms with Crippen molar-refractivity contribution in [3.8, 4) is 11.1 Å². The molecule has 0 atom stereocenters. The molecule has 0 unspecified atom stereocenters. The zero-order valence-corrected chi connectivity index (χ0v) is 18.7. The van der Waals surface area contributed by atoms with Crippen LogP contribution in [0.5, 0.6) is 0 Å². The van der Waals surface area contributed by atoms with Crippen LogP contribution in [-0.2, 0) is 0 Å². The molecular weight excluding hydrogens is 430 g/mol. The Kier molecular flexibility index (Phi) is 4.88. The van der Waals surface area contributed by atoms with Crippen molar-refractivity contribution in [2.45, 2.75) is 20.3 Å². The number of pyridine rings is 1. The SMILES string of the molecule is CC/C=C\c1c(C)ccc2c(-c3cccc(Br)c3)c3ccc4ccccc4c3nc12. The lowest BCUT2D eigenvalue weighted by Gasteiger charge is -2.16. The van der Waals surface area contributed by atoms with Crippen LogP contribution in [0.2, 0.25) is 0 Å². The predicted octanol–water partition coefficient (Wildman–Crippen LogP) is 8.70. The number of hydrogen-bond donors (Lipinski definition) is 0. The van der Waals surface area contributed by atoms with Gasteiger partial charge in [0, 0.05) is 31.8 Å². The van der Waals surface area contributed by atoms with Crippen LogP contribution >= 0.6 is 15.9 Å². The van der Waals surface area contributed by atoms with Crippen molar-refractivity contribution >= 4 is 54.6 Å². The second kappa shape index (κ2) is 7.70. The lowest BCUT2D eigenvalue weighted by molar-refractivity contribution is 1.23. The third kappa shape index (κ3) is 3.12. The van der Waals surface area contributed by atoms with Gasteiger partial charge in [0.2, 0.25) is 0 Å². The lowest BCUT2D eigenvalue weighted by Crippen LogP contribution is -1.94. The zero-order valence-electron chi connectivity index (χ0n) is 17.1. The van der Waals surface area contributed by atoms with Crippen molar-refractivity contribution in [2.75, 3.05) is 0 Å². The molecule has 0 aliphatic carbocycles. The minimum atomic E-state index is 1.00. The molecule has 5 aromatic rings. The molecule has 5 rings (SSSR count). The maximum absolute atomic E-state index is 5.27. The highest BCUT2D eigenvalue weighted by Crippen LogP contribution is 2.39. The number of halogens is 1. The number of allylic oxidation sites excluding steroid dienone is 1. The minimum Gasteiger partial charge on any atom is -0.246 e. The summed E-state index contributed by atoms with van der Waals surface area (Å²) in [6.45, 7) is 4.34. The van der Waals surface area contributed by atoms with Gasteiger partial charge in [0.1, 0.15) is 0 Å². The van der Waals surface area contributed by atoms with Crippen molar-refractivity contribution in [3.05, 3.63) is 94.5 Å². The van der Waals surface area contributed by atoms with E-state index in [2.05, 4.69) is 115 Å². The third-order valence-corrected chi connectivity index (χ3v) is 6.22. The highest BCUT2D eigenvalue weighted by molar-refractivity contribution is 9.10. The largest absolute Gasteiger partial charge is 0.246 e. The van der Waals surface area contributed by atoms with Crippen molar-refractivity contribution in [1.82, 2.24) is 4.98 Å². The van der Waals surface area contributed by atoms with Gasteiger partial charge in [0.05, 0.1) is 11.0 Å². The minimum absolute atomic E-state index is 1.00. The number of benzene rings is 4.